The molecule has 0 aliphatic carbocycles. The number of anilines is 1. The number of halogens is 1. The first kappa shape index (κ1) is 12.9. The predicted octanol–water partition coefficient (Wildman–Crippen LogP) is 1.96. The normalized spacial score (nSPS) is 24.3. The zero-order valence-electron chi connectivity index (χ0n) is 11.3. The number of benzene rings is 1. The summed E-state index contributed by atoms with van der Waals surface area (Å²) in [5.74, 6) is -0.195. The minimum absolute atomic E-state index is 0.195. The Balaban J connectivity index is 1.73. The van der Waals surface area contributed by atoms with Crippen LogP contribution in [0.2, 0.25) is 0 Å². The molecule has 2 aliphatic heterocycles. The fourth-order valence-electron chi connectivity index (χ4n) is 3.39. The summed E-state index contributed by atoms with van der Waals surface area (Å²) in [6, 6.07) is 5.65. The second-order valence-electron chi connectivity index (χ2n) is 5.61. The molecule has 1 aromatic rings. The van der Waals surface area contributed by atoms with E-state index < -0.39 is 0 Å². The average molecular weight is 263 g/mol. The monoisotopic (exact) mass is 263 g/mol. The fraction of sp³-hybridized carbons (Fsp3) is 0.600. The molecule has 0 saturated carbocycles. The van der Waals surface area contributed by atoms with Crippen molar-refractivity contribution in [2.75, 3.05) is 31.1 Å². The summed E-state index contributed by atoms with van der Waals surface area (Å²) in [5, 5.41) is 0. The Morgan fingerprint density at radius 3 is 2.74 bits per heavy atom. The minimum atomic E-state index is -0.195. The van der Waals surface area contributed by atoms with E-state index in [1.807, 2.05) is 6.07 Å². The van der Waals surface area contributed by atoms with Crippen LogP contribution in [-0.2, 0) is 6.54 Å². The molecule has 1 aromatic carbocycles. The van der Waals surface area contributed by atoms with Crippen molar-refractivity contribution in [2.24, 2.45) is 5.73 Å². The summed E-state index contributed by atoms with van der Waals surface area (Å²) in [5.41, 5.74) is 7.78. The highest BCUT2D eigenvalue weighted by atomic mass is 19.1. The van der Waals surface area contributed by atoms with E-state index in [4.69, 9.17) is 5.73 Å². The topological polar surface area (TPSA) is 32.5 Å². The van der Waals surface area contributed by atoms with E-state index in [0.717, 1.165) is 24.3 Å². The molecule has 2 aliphatic rings. The van der Waals surface area contributed by atoms with E-state index in [9.17, 15) is 4.39 Å². The highest BCUT2D eigenvalue weighted by Gasteiger charge is 2.29. The lowest BCUT2D eigenvalue weighted by Gasteiger charge is -2.25. The molecule has 1 atom stereocenters. The molecule has 104 valence electrons. The lowest BCUT2D eigenvalue weighted by molar-refractivity contribution is 0.260. The van der Waals surface area contributed by atoms with E-state index in [1.54, 1.807) is 6.07 Å². The molecule has 19 heavy (non-hydrogen) atoms. The van der Waals surface area contributed by atoms with Gasteiger partial charge in [0, 0.05) is 31.4 Å². The van der Waals surface area contributed by atoms with Gasteiger partial charge in [-0.2, -0.15) is 0 Å². The van der Waals surface area contributed by atoms with E-state index in [-0.39, 0.29) is 5.82 Å². The molecule has 2 N–H and O–H groups in total. The Labute approximate surface area is 114 Å². The number of hydrogen-bond acceptors (Lipinski definition) is 3. The average Bonchev–Trinajstić information content (AvgIpc) is 3.09. The van der Waals surface area contributed by atoms with Crippen LogP contribution in [0.4, 0.5) is 10.1 Å². The number of rotatable bonds is 3. The highest BCUT2D eigenvalue weighted by molar-refractivity contribution is 5.54. The third kappa shape index (κ3) is 2.60. The second-order valence-corrected chi connectivity index (χ2v) is 5.61. The lowest BCUT2D eigenvalue weighted by Crippen LogP contribution is -2.35. The largest absolute Gasteiger partial charge is 0.370 e. The van der Waals surface area contributed by atoms with Crippen molar-refractivity contribution in [3.63, 3.8) is 0 Å². The molecule has 0 spiro atoms. The van der Waals surface area contributed by atoms with Crippen molar-refractivity contribution in [1.29, 1.82) is 0 Å². The van der Waals surface area contributed by atoms with Crippen molar-refractivity contribution in [2.45, 2.75) is 31.8 Å². The van der Waals surface area contributed by atoms with Crippen LogP contribution in [-0.4, -0.2) is 37.1 Å². The SMILES string of the molecule is NCc1cc(F)ccc1N1CCC(N2CCCC2)C1. The molecule has 2 heterocycles. The van der Waals surface area contributed by atoms with Crippen LogP contribution >= 0.6 is 0 Å². The second kappa shape index (κ2) is 5.47. The molecule has 0 bridgehead atoms. The summed E-state index contributed by atoms with van der Waals surface area (Å²) in [6.07, 6.45) is 3.88. The fourth-order valence-corrected chi connectivity index (χ4v) is 3.39. The summed E-state index contributed by atoms with van der Waals surface area (Å²) in [4.78, 5) is 4.97. The Bertz CT molecular complexity index is 443. The van der Waals surface area contributed by atoms with Gasteiger partial charge in [-0.15, -0.1) is 0 Å². The van der Waals surface area contributed by atoms with E-state index in [2.05, 4.69) is 9.80 Å². The Morgan fingerprint density at radius 1 is 1.21 bits per heavy atom. The summed E-state index contributed by atoms with van der Waals surface area (Å²) in [7, 11) is 0. The molecule has 0 aromatic heterocycles. The molecule has 2 fully saturated rings. The van der Waals surface area contributed by atoms with Gasteiger partial charge in [0.25, 0.3) is 0 Å². The van der Waals surface area contributed by atoms with Crippen molar-refractivity contribution in [1.82, 2.24) is 4.90 Å². The molecule has 0 radical (unpaired) electrons. The lowest BCUT2D eigenvalue weighted by atomic mass is 10.1. The first-order valence-corrected chi connectivity index (χ1v) is 7.25. The van der Waals surface area contributed by atoms with Gasteiger partial charge in [0.1, 0.15) is 5.82 Å². The van der Waals surface area contributed by atoms with Crippen molar-refractivity contribution < 1.29 is 4.39 Å². The third-order valence-corrected chi connectivity index (χ3v) is 4.42. The molecule has 3 rings (SSSR count). The number of nitrogens with two attached hydrogens (primary N) is 1. The molecular formula is C15H22FN3. The van der Waals surface area contributed by atoms with Crippen molar-refractivity contribution in [3.05, 3.63) is 29.6 Å². The van der Waals surface area contributed by atoms with Crippen molar-refractivity contribution in [3.8, 4) is 0 Å². The zero-order chi connectivity index (χ0) is 13.2. The maximum Gasteiger partial charge on any atom is 0.123 e. The molecule has 2 saturated heterocycles. The van der Waals surface area contributed by atoms with Gasteiger partial charge in [0.2, 0.25) is 0 Å². The van der Waals surface area contributed by atoms with E-state index in [1.165, 1.54) is 38.4 Å². The first-order valence-electron chi connectivity index (χ1n) is 7.25. The van der Waals surface area contributed by atoms with Gasteiger partial charge < -0.3 is 10.6 Å². The maximum atomic E-state index is 13.3. The van der Waals surface area contributed by atoms with Gasteiger partial charge in [0.05, 0.1) is 0 Å². The predicted molar refractivity (Wildman–Crippen MR) is 75.7 cm³/mol. The Hall–Kier alpha value is -1.13. The van der Waals surface area contributed by atoms with Crippen LogP contribution in [0, 0.1) is 5.82 Å². The molecular weight excluding hydrogens is 241 g/mol. The summed E-state index contributed by atoms with van der Waals surface area (Å²) in [6.45, 7) is 4.99. The van der Waals surface area contributed by atoms with Crippen molar-refractivity contribution >= 4 is 5.69 Å². The first-order chi connectivity index (χ1) is 9.28. The van der Waals surface area contributed by atoms with Gasteiger partial charge >= 0.3 is 0 Å². The van der Waals surface area contributed by atoms with Crippen LogP contribution in [0.15, 0.2) is 18.2 Å². The Morgan fingerprint density at radius 2 is 2.00 bits per heavy atom. The number of hydrogen-bond donors (Lipinski definition) is 1. The molecule has 4 heteroatoms. The summed E-state index contributed by atoms with van der Waals surface area (Å²) >= 11 is 0. The minimum Gasteiger partial charge on any atom is -0.370 e. The third-order valence-electron chi connectivity index (χ3n) is 4.42. The molecule has 0 amide bonds. The standard InChI is InChI=1S/C15H22FN3/c16-13-3-4-15(12(9-13)10-17)19-8-5-14(11-19)18-6-1-2-7-18/h3-4,9,14H,1-2,5-8,10-11,17H2. The van der Waals surface area contributed by atoms with E-state index >= 15 is 0 Å². The van der Waals surface area contributed by atoms with Gasteiger partial charge in [-0.25, -0.2) is 4.39 Å². The highest BCUT2D eigenvalue weighted by Crippen LogP contribution is 2.28. The van der Waals surface area contributed by atoms with Crippen LogP contribution < -0.4 is 10.6 Å². The molecule has 3 nitrogen and oxygen atoms in total. The number of nitrogens with zero attached hydrogens (tertiary/aromatic N) is 2. The van der Waals surface area contributed by atoms with Crippen LogP contribution in [0.3, 0.4) is 0 Å². The van der Waals surface area contributed by atoms with Crippen LogP contribution in [0.5, 0.6) is 0 Å². The van der Waals surface area contributed by atoms with Crippen LogP contribution in [0.1, 0.15) is 24.8 Å². The van der Waals surface area contributed by atoms with Gasteiger partial charge in [-0.05, 0) is 56.1 Å². The quantitative estimate of drug-likeness (QED) is 0.905. The Kier molecular flexibility index (Phi) is 3.71. The van der Waals surface area contributed by atoms with Gasteiger partial charge in [-0.3, -0.25) is 4.90 Å². The van der Waals surface area contributed by atoms with Gasteiger partial charge in [0.15, 0.2) is 0 Å². The number of likely N-dealkylation sites (tertiary alicyclic amines) is 1. The molecule has 1 unspecified atom stereocenters. The maximum absolute atomic E-state index is 13.3. The zero-order valence-corrected chi connectivity index (χ0v) is 11.3. The van der Waals surface area contributed by atoms with E-state index in [0.29, 0.717) is 12.6 Å². The summed E-state index contributed by atoms with van der Waals surface area (Å²) < 4.78 is 13.3. The van der Waals surface area contributed by atoms with Gasteiger partial charge in [-0.1, -0.05) is 0 Å². The van der Waals surface area contributed by atoms with Crippen LogP contribution in [0.25, 0.3) is 0 Å². The smallest absolute Gasteiger partial charge is 0.123 e.